The quantitative estimate of drug-likeness (QED) is 0.176. The van der Waals surface area contributed by atoms with Crippen LogP contribution in [0.1, 0.15) is 44.1 Å². The molecule has 7 heteroatoms. The monoisotopic (exact) mass is 384 g/mol. The lowest BCUT2D eigenvalue weighted by Gasteiger charge is -2.12. The third-order valence-electron chi connectivity index (χ3n) is 3.87. The molecular formula is C21H24N2O5. The molecule has 1 aromatic rings. The smallest absolute Gasteiger partial charge is 0.303 e. The van der Waals surface area contributed by atoms with Crippen molar-refractivity contribution in [3.63, 3.8) is 0 Å². The summed E-state index contributed by atoms with van der Waals surface area (Å²) in [6, 6.07) is 6.77. The van der Waals surface area contributed by atoms with Gasteiger partial charge >= 0.3 is 5.97 Å². The van der Waals surface area contributed by atoms with Crippen molar-refractivity contribution in [3.05, 3.63) is 35.1 Å². The average Bonchev–Trinajstić information content (AvgIpc) is 2.65. The maximum absolute atomic E-state index is 12.2. The van der Waals surface area contributed by atoms with Crippen LogP contribution in [0.2, 0.25) is 0 Å². The summed E-state index contributed by atoms with van der Waals surface area (Å²) in [4.78, 5) is 22.7. The Morgan fingerprint density at radius 3 is 2.61 bits per heavy atom. The summed E-state index contributed by atoms with van der Waals surface area (Å²) in [6.45, 7) is 2.28. The number of carboxylic acids is 1. The molecule has 0 saturated heterocycles. The van der Waals surface area contributed by atoms with Crippen LogP contribution in [-0.2, 0) is 9.59 Å². The second kappa shape index (κ2) is 12.0. The second-order valence-electron chi connectivity index (χ2n) is 6.12. The second-order valence-corrected chi connectivity index (χ2v) is 6.12. The Hall–Kier alpha value is -3.45. The van der Waals surface area contributed by atoms with Crippen molar-refractivity contribution < 1.29 is 24.5 Å². The Balaban J connectivity index is 2.69. The van der Waals surface area contributed by atoms with Crippen molar-refractivity contribution >= 4 is 17.6 Å². The van der Waals surface area contributed by atoms with E-state index in [2.05, 4.69) is 11.2 Å². The van der Waals surface area contributed by atoms with Crippen molar-refractivity contribution in [2.24, 2.45) is 0 Å². The van der Waals surface area contributed by atoms with Crippen LogP contribution < -0.4 is 10.1 Å². The van der Waals surface area contributed by atoms with E-state index in [1.807, 2.05) is 6.92 Å². The number of carboxylic acid groups (broad SMARTS) is 1. The number of terminal acetylenes is 1. The highest BCUT2D eigenvalue weighted by molar-refractivity contribution is 6.07. The van der Waals surface area contributed by atoms with Gasteiger partial charge in [0.1, 0.15) is 17.6 Å². The van der Waals surface area contributed by atoms with Crippen LogP contribution >= 0.6 is 0 Å². The number of amides is 1. The van der Waals surface area contributed by atoms with E-state index in [0.717, 1.165) is 12.0 Å². The number of hydrogen-bond donors (Lipinski definition) is 3. The maximum atomic E-state index is 12.2. The van der Waals surface area contributed by atoms with Gasteiger partial charge in [-0.15, -0.1) is 12.3 Å². The fourth-order valence-corrected chi connectivity index (χ4v) is 2.33. The van der Waals surface area contributed by atoms with Crippen LogP contribution in [0.3, 0.4) is 0 Å². The lowest BCUT2D eigenvalue weighted by molar-refractivity contribution is -0.137. The fourth-order valence-electron chi connectivity index (χ4n) is 2.33. The zero-order chi connectivity index (χ0) is 20.9. The van der Waals surface area contributed by atoms with Crippen molar-refractivity contribution in [1.29, 1.82) is 5.26 Å². The standard InChI is InChI=1S/C21H24N2O5/c1-3-4-8-18(24)17(14-22)21(27)23-16-11-10-15(2)19(13-16)28-12-7-5-6-9-20(25)26/h1,10-11,13,24H,4-9,12H2,2H3,(H,23,27)(H,25,26)/b18-17-. The molecule has 0 bridgehead atoms. The Kier molecular flexibility index (Phi) is 9.71. The number of nitrogens with zero attached hydrogens (tertiary/aromatic N) is 1. The minimum atomic E-state index is -0.809. The van der Waals surface area contributed by atoms with Gasteiger partial charge in [0.15, 0.2) is 5.57 Å². The molecular weight excluding hydrogens is 360 g/mol. The maximum Gasteiger partial charge on any atom is 0.303 e. The van der Waals surface area contributed by atoms with E-state index in [-0.39, 0.29) is 30.6 Å². The van der Waals surface area contributed by atoms with Gasteiger partial charge in [-0.05, 0) is 37.8 Å². The number of ether oxygens (including phenoxy) is 1. The van der Waals surface area contributed by atoms with Gasteiger partial charge in [0, 0.05) is 31.0 Å². The molecule has 0 aliphatic heterocycles. The molecule has 7 nitrogen and oxygen atoms in total. The molecule has 0 spiro atoms. The van der Waals surface area contributed by atoms with E-state index >= 15 is 0 Å². The zero-order valence-corrected chi connectivity index (χ0v) is 15.8. The van der Waals surface area contributed by atoms with Gasteiger partial charge in [0.25, 0.3) is 5.91 Å². The molecule has 0 fully saturated rings. The largest absolute Gasteiger partial charge is 0.511 e. The first-order chi connectivity index (χ1) is 13.4. The minimum absolute atomic E-state index is 0.0525. The summed E-state index contributed by atoms with van der Waals surface area (Å²) in [6.07, 6.45) is 7.60. The van der Waals surface area contributed by atoms with Gasteiger partial charge in [-0.3, -0.25) is 9.59 Å². The van der Waals surface area contributed by atoms with Gasteiger partial charge in [-0.1, -0.05) is 6.07 Å². The van der Waals surface area contributed by atoms with E-state index < -0.39 is 11.9 Å². The molecule has 0 unspecified atom stereocenters. The Labute approximate surface area is 164 Å². The lowest BCUT2D eigenvalue weighted by atomic mass is 10.1. The first kappa shape index (κ1) is 22.6. The number of nitrogens with one attached hydrogen (secondary N) is 1. The SMILES string of the molecule is C#CCC/C(O)=C(\C#N)C(=O)Nc1ccc(C)c(OCCCCCC(=O)O)c1. The minimum Gasteiger partial charge on any atom is -0.511 e. The normalized spacial score (nSPS) is 11.0. The van der Waals surface area contributed by atoms with Gasteiger partial charge < -0.3 is 20.3 Å². The highest BCUT2D eigenvalue weighted by Crippen LogP contribution is 2.24. The number of unbranched alkanes of at least 4 members (excludes halogenated alkanes) is 2. The Bertz CT molecular complexity index is 815. The molecule has 1 rings (SSSR count). The van der Waals surface area contributed by atoms with Crippen LogP contribution in [0.15, 0.2) is 29.5 Å². The third kappa shape index (κ3) is 7.84. The van der Waals surface area contributed by atoms with E-state index in [1.165, 1.54) is 0 Å². The van der Waals surface area contributed by atoms with Crippen LogP contribution in [0.25, 0.3) is 0 Å². The van der Waals surface area contributed by atoms with Gasteiger partial charge in [0.2, 0.25) is 0 Å². The number of rotatable bonds is 11. The molecule has 28 heavy (non-hydrogen) atoms. The van der Waals surface area contributed by atoms with Gasteiger partial charge in [0.05, 0.1) is 6.61 Å². The number of benzene rings is 1. The molecule has 3 N–H and O–H groups in total. The molecule has 0 aliphatic carbocycles. The molecule has 0 saturated carbocycles. The number of aliphatic hydroxyl groups is 1. The first-order valence-corrected chi connectivity index (χ1v) is 8.91. The third-order valence-corrected chi connectivity index (χ3v) is 3.87. The molecule has 0 aliphatic rings. The number of aryl methyl sites for hydroxylation is 1. The molecule has 1 aromatic carbocycles. The van der Waals surface area contributed by atoms with Crippen LogP contribution in [0.5, 0.6) is 5.75 Å². The number of nitriles is 1. The molecule has 0 radical (unpaired) electrons. The summed E-state index contributed by atoms with van der Waals surface area (Å²) < 4.78 is 5.71. The predicted molar refractivity (Wildman–Crippen MR) is 105 cm³/mol. The van der Waals surface area contributed by atoms with Crippen LogP contribution in [0, 0.1) is 30.6 Å². The van der Waals surface area contributed by atoms with Crippen molar-refractivity contribution in [2.75, 3.05) is 11.9 Å². The average molecular weight is 384 g/mol. The number of allylic oxidation sites excluding steroid dienone is 1. The zero-order valence-electron chi connectivity index (χ0n) is 15.8. The van der Waals surface area contributed by atoms with Crippen molar-refractivity contribution in [3.8, 4) is 24.2 Å². The van der Waals surface area contributed by atoms with E-state index in [4.69, 9.17) is 21.5 Å². The summed E-state index contributed by atoms with van der Waals surface area (Å²) in [5, 5.41) is 30.1. The molecule has 0 aromatic heterocycles. The van der Waals surface area contributed by atoms with Crippen LogP contribution in [0.4, 0.5) is 5.69 Å². The lowest BCUT2D eigenvalue weighted by Crippen LogP contribution is -2.15. The number of hydrogen-bond acceptors (Lipinski definition) is 5. The molecule has 0 heterocycles. The predicted octanol–water partition coefficient (Wildman–Crippen LogP) is 3.71. The summed E-state index contributed by atoms with van der Waals surface area (Å²) in [5.74, 6) is 1.04. The highest BCUT2D eigenvalue weighted by Gasteiger charge is 2.15. The number of carbonyl (C=O) groups excluding carboxylic acids is 1. The Morgan fingerprint density at radius 2 is 1.96 bits per heavy atom. The number of aliphatic hydroxyl groups excluding tert-OH is 1. The molecule has 148 valence electrons. The van der Waals surface area contributed by atoms with Crippen LogP contribution in [-0.4, -0.2) is 28.7 Å². The topological polar surface area (TPSA) is 120 Å². The summed E-state index contributed by atoms with van der Waals surface area (Å²) in [7, 11) is 0. The van der Waals surface area contributed by atoms with Crippen molar-refractivity contribution in [2.45, 2.75) is 45.4 Å². The molecule has 0 atom stereocenters. The summed E-state index contributed by atoms with van der Waals surface area (Å²) in [5.41, 5.74) is 0.919. The van der Waals surface area contributed by atoms with Gasteiger partial charge in [-0.25, -0.2) is 0 Å². The van der Waals surface area contributed by atoms with E-state index in [1.54, 1.807) is 24.3 Å². The highest BCUT2D eigenvalue weighted by atomic mass is 16.5. The molecule has 1 amide bonds. The van der Waals surface area contributed by atoms with Crippen molar-refractivity contribution in [1.82, 2.24) is 0 Å². The fraction of sp³-hybridized carbons (Fsp3) is 0.381. The van der Waals surface area contributed by atoms with E-state index in [0.29, 0.717) is 30.9 Å². The number of aliphatic carboxylic acids is 1. The number of carbonyl (C=O) groups is 2. The summed E-state index contributed by atoms with van der Waals surface area (Å²) >= 11 is 0. The Morgan fingerprint density at radius 1 is 1.21 bits per heavy atom. The first-order valence-electron chi connectivity index (χ1n) is 8.91. The number of anilines is 1. The van der Waals surface area contributed by atoms with Gasteiger partial charge in [-0.2, -0.15) is 5.26 Å². The van der Waals surface area contributed by atoms with E-state index in [9.17, 15) is 14.7 Å².